The Kier molecular flexibility index (Phi) is 7.99. The number of aryl methyl sites for hydroxylation is 1. The van der Waals surface area contributed by atoms with Gasteiger partial charge in [-0.15, -0.1) is 0 Å². The Morgan fingerprint density at radius 2 is 1.68 bits per heavy atom. The van der Waals surface area contributed by atoms with E-state index in [4.69, 9.17) is 14.2 Å². The maximum Gasteiger partial charge on any atom is 0.191 e. The van der Waals surface area contributed by atoms with Gasteiger partial charge in [0, 0.05) is 31.3 Å². The first kappa shape index (κ1) is 21.4. The van der Waals surface area contributed by atoms with E-state index in [1.54, 1.807) is 21.3 Å². The van der Waals surface area contributed by atoms with E-state index in [-0.39, 0.29) is 6.10 Å². The molecule has 0 aliphatic heterocycles. The molecule has 0 aliphatic rings. The highest BCUT2D eigenvalue weighted by Crippen LogP contribution is 2.30. The minimum atomic E-state index is 0.124. The van der Waals surface area contributed by atoms with Crippen LogP contribution in [0.2, 0.25) is 0 Å². The largest absolute Gasteiger partial charge is 0.493 e. The lowest BCUT2D eigenvalue weighted by molar-refractivity contribution is 0.239. The molecule has 0 unspecified atom stereocenters. The summed E-state index contributed by atoms with van der Waals surface area (Å²) in [6, 6.07) is 12.0. The summed E-state index contributed by atoms with van der Waals surface area (Å²) >= 11 is 0. The number of guanidine groups is 1. The molecule has 0 aliphatic carbocycles. The van der Waals surface area contributed by atoms with Gasteiger partial charge in [-0.2, -0.15) is 0 Å². The Hall–Kier alpha value is -2.89. The van der Waals surface area contributed by atoms with Gasteiger partial charge in [-0.25, -0.2) is 0 Å². The van der Waals surface area contributed by atoms with Gasteiger partial charge < -0.3 is 24.8 Å². The zero-order valence-corrected chi connectivity index (χ0v) is 17.6. The molecule has 152 valence electrons. The molecule has 0 fully saturated rings. The Balaban J connectivity index is 2.03. The van der Waals surface area contributed by atoms with Crippen molar-refractivity contribution in [1.29, 1.82) is 0 Å². The highest BCUT2D eigenvalue weighted by atomic mass is 16.5. The molecule has 0 bridgehead atoms. The summed E-state index contributed by atoms with van der Waals surface area (Å²) in [5.41, 5.74) is 3.25. The fourth-order valence-corrected chi connectivity index (χ4v) is 2.84. The van der Waals surface area contributed by atoms with E-state index in [9.17, 15) is 0 Å². The van der Waals surface area contributed by atoms with Gasteiger partial charge in [0.2, 0.25) is 0 Å². The lowest BCUT2D eigenvalue weighted by atomic mass is 10.1. The normalized spacial score (nSPS) is 11.3. The molecule has 0 aromatic heterocycles. The number of rotatable bonds is 8. The average Bonchev–Trinajstić information content (AvgIpc) is 2.68. The quantitative estimate of drug-likeness (QED) is 0.536. The van der Waals surface area contributed by atoms with E-state index in [0.29, 0.717) is 24.8 Å². The topological polar surface area (TPSA) is 64.1 Å². The SMILES string of the molecule is CN=C(NCc1ccc(C)cc1OC(C)C)NCc1cccc(OC)c1OC. The molecule has 0 atom stereocenters. The number of nitrogens with zero attached hydrogens (tertiary/aromatic N) is 1. The molecule has 0 spiro atoms. The summed E-state index contributed by atoms with van der Waals surface area (Å²) in [6.07, 6.45) is 0.124. The molecule has 6 nitrogen and oxygen atoms in total. The fourth-order valence-electron chi connectivity index (χ4n) is 2.84. The zero-order valence-electron chi connectivity index (χ0n) is 17.6. The van der Waals surface area contributed by atoms with Crippen LogP contribution in [-0.4, -0.2) is 33.3 Å². The number of methoxy groups -OCH3 is 2. The number of ether oxygens (including phenoxy) is 3. The van der Waals surface area contributed by atoms with Gasteiger partial charge in [-0.1, -0.05) is 24.3 Å². The first-order valence-corrected chi connectivity index (χ1v) is 9.39. The molecule has 2 aromatic carbocycles. The minimum Gasteiger partial charge on any atom is -0.493 e. The van der Waals surface area contributed by atoms with Crippen LogP contribution in [0, 0.1) is 6.92 Å². The van der Waals surface area contributed by atoms with E-state index in [1.165, 1.54) is 5.56 Å². The van der Waals surface area contributed by atoms with E-state index in [1.807, 2.05) is 32.0 Å². The molecule has 2 N–H and O–H groups in total. The van der Waals surface area contributed by atoms with E-state index in [0.717, 1.165) is 22.6 Å². The monoisotopic (exact) mass is 385 g/mol. The molecule has 6 heteroatoms. The third-order valence-corrected chi connectivity index (χ3v) is 4.19. The van der Waals surface area contributed by atoms with Crippen molar-refractivity contribution in [3.8, 4) is 17.2 Å². The van der Waals surface area contributed by atoms with Crippen LogP contribution < -0.4 is 24.8 Å². The molecular formula is C22H31N3O3. The highest BCUT2D eigenvalue weighted by Gasteiger charge is 2.11. The van der Waals surface area contributed by atoms with Crippen LogP contribution in [0.1, 0.15) is 30.5 Å². The fraction of sp³-hybridized carbons (Fsp3) is 0.409. The number of benzene rings is 2. The summed E-state index contributed by atoms with van der Waals surface area (Å²) in [5.74, 6) is 3.02. The average molecular weight is 386 g/mol. The van der Waals surface area contributed by atoms with Gasteiger partial charge in [0.25, 0.3) is 0 Å². The lowest BCUT2D eigenvalue weighted by Crippen LogP contribution is -2.36. The van der Waals surface area contributed by atoms with Crippen LogP contribution in [0.4, 0.5) is 0 Å². The number of para-hydroxylation sites is 1. The Morgan fingerprint density at radius 3 is 2.29 bits per heavy atom. The van der Waals surface area contributed by atoms with Gasteiger partial charge in [0.1, 0.15) is 5.75 Å². The van der Waals surface area contributed by atoms with Crippen molar-refractivity contribution in [2.45, 2.75) is 40.0 Å². The van der Waals surface area contributed by atoms with Gasteiger partial charge in [0.15, 0.2) is 17.5 Å². The van der Waals surface area contributed by atoms with Gasteiger partial charge in [-0.3, -0.25) is 4.99 Å². The van der Waals surface area contributed by atoms with Crippen LogP contribution in [-0.2, 0) is 13.1 Å². The molecule has 2 aromatic rings. The summed E-state index contributed by atoms with van der Waals surface area (Å²) in [7, 11) is 5.02. The second-order valence-electron chi connectivity index (χ2n) is 6.71. The molecule has 28 heavy (non-hydrogen) atoms. The van der Waals surface area contributed by atoms with E-state index >= 15 is 0 Å². The summed E-state index contributed by atoms with van der Waals surface area (Å²) < 4.78 is 16.8. The Morgan fingerprint density at radius 1 is 0.964 bits per heavy atom. The third-order valence-electron chi connectivity index (χ3n) is 4.19. The molecule has 0 amide bonds. The van der Waals surface area contributed by atoms with Crippen molar-refractivity contribution in [2.24, 2.45) is 4.99 Å². The van der Waals surface area contributed by atoms with Crippen LogP contribution in [0.5, 0.6) is 17.2 Å². The number of aliphatic imine (C=N–C) groups is 1. The number of hydrogen-bond acceptors (Lipinski definition) is 4. The summed E-state index contributed by atoms with van der Waals surface area (Å²) in [5, 5.41) is 6.66. The first-order chi connectivity index (χ1) is 13.5. The smallest absolute Gasteiger partial charge is 0.191 e. The second kappa shape index (κ2) is 10.4. The van der Waals surface area contributed by atoms with Crippen molar-refractivity contribution in [3.05, 3.63) is 53.1 Å². The van der Waals surface area contributed by atoms with Crippen LogP contribution >= 0.6 is 0 Å². The highest BCUT2D eigenvalue weighted by molar-refractivity contribution is 5.79. The maximum absolute atomic E-state index is 5.95. The molecule has 0 saturated carbocycles. The Bertz CT molecular complexity index is 804. The van der Waals surface area contributed by atoms with Crippen LogP contribution in [0.25, 0.3) is 0 Å². The first-order valence-electron chi connectivity index (χ1n) is 9.39. The van der Waals surface area contributed by atoms with Crippen molar-refractivity contribution in [3.63, 3.8) is 0 Å². The molecular weight excluding hydrogens is 354 g/mol. The molecule has 0 saturated heterocycles. The van der Waals surface area contributed by atoms with Crippen molar-refractivity contribution in [2.75, 3.05) is 21.3 Å². The van der Waals surface area contributed by atoms with Gasteiger partial charge in [0.05, 0.1) is 20.3 Å². The third kappa shape index (κ3) is 5.81. The lowest BCUT2D eigenvalue weighted by Gasteiger charge is -2.18. The van der Waals surface area contributed by atoms with Gasteiger partial charge in [-0.05, 0) is 38.5 Å². The number of hydrogen-bond donors (Lipinski definition) is 2. The van der Waals surface area contributed by atoms with Crippen molar-refractivity contribution in [1.82, 2.24) is 10.6 Å². The zero-order chi connectivity index (χ0) is 20.5. The predicted molar refractivity (Wildman–Crippen MR) is 114 cm³/mol. The van der Waals surface area contributed by atoms with E-state index < -0.39 is 0 Å². The van der Waals surface area contributed by atoms with Crippen molar-refractivity contribution < 1.29 is 14.2 Å². The standard InChI is InChI=1S/C22H31N3O3/c1-15(2)28-20-12-16(3)10-11-17(20)13-24-22(23-4)25-14-18-8-7-9-19(26-5)21(18)27-6/h7-12,15H,13-14H2,1-6H3,(H2,23,24,25). The summed E-state index contributed by atoms with van der Waals surface area (Å²) in [4.78, 5) is 4.31. The van der Waals surface area contributed by atoms with E-state index in [2.05, 4.69) is 40.7 Å². The Labute approximate surface area is 167 Å². The predicted octanol–water partition coefficient (Wildman–Crippen LogP) is 3.66. The molecule has 2 rings (SSSR count). The van der Waals surface area contributed by atoms with Crippen molar-refractivity contribution >= 4 is 5.96 Å². The second-order valence-corrected chi connectivity index (χ2v) is 6.71. The van der Waals surface area contributed by atoms with Gasteiger partial charge >= 0.3 is 0 Å². The number of nitrogens with one attached hydrogen (secondary N) is 2. The van der Waals surface area contributed by atoms with Crippen LogP contribution in [0.3, 0.4) is 0 Å². The molecule has 0 radical (unpaired) electrons. The van der Waals surface area contributed by atoms with Crippen LogP contribution in [0.15, 0.2) is 41.4 Å². The maximum atomic E-state index is 5.95. The minimum absolute atomic E-state index is 0.124. The summed E-state index contributed by atoms with van der Waals surface area (Å²) in [6.45, 7) is 7.29. The molecule has 0 heterocycles.